The summed E-state index contributed by atoms with van der Waals surface area (Å²) in [5.74, 6) is -1.98. The maximum atomic E-state index is 14.4. The highest BCUT2D eigenvalue weighted by Gasteiger charge is 2.41. The average Bonchev–Trinajstić information content (AvgIpc) is 2.92. The van der Waals surface area contributed by atoms with Gasteiger partial charge in [0.2, 0.25) is 17.7 Å². The summed E-state index contributed by atoms with van der Waals surface area (Å²) in [5.41, 5.74) is 5.57. The van der Waals surface area contributed by atoms with Gasteiger partial charge in [-0.2, -0.15) is 0 Å². The average molecular weight is 1160 g/mol. The van der Waals surface area contributed by atoms with Crippen molar-refractivity contribution in [1.82, 2.24) is 20.0 Å². The number of methoxy groups -OCH3 is 1. The number of fused-ring (bicyclic) bond motifs is 3. The van der Waals surface area contributed by atoms with E-state index in [9.17, 15) is 33.9 Å². The fourth-order valence-electron chi connectivity index (χ4n) is 11.7. The standard InChI is InChI=1S/C66H91N5O11S/c1-15-32-80-64(77)58(41(4)16-2)70(13)61(74)45(8)69(12)62(75)54(36-46-27-29-48(79-14)30-28-46)68-59(73)42(5)35-47-39-83-60(67-47)44(7)56(72)33-40(3)34-57(43(6)37-66(9,10)11)82-63(76)55-26-21-31-71(55)65(78)81-38-53-51-24-19-17-22-49(51)50-23-18-20-25-52(50)53/h15,17-20,22-25,27-30,35,40-41,43-45,47,53-58,72H,1,16,21,26,31-34,36-39H2,2-14H3,(H,68,73)/b42-35+/t40-,41-,43-,44-,45-,47-,54-,55-,56-,57-,58-/m0/s1. The number of esters is 2. The maximum Gasteiger partial charge on any atom is 0.410 e. The highest BCUT2D eigenvalue weighted by molar-refractivity contribution is 8.14. The molecule has 2 heterocycles. The van der Waals surface area contributed by atoms with Crippen LogP contribution in [0.5, 0.6) is 5.75 Å². The first-order chi connectivity index (χ1) is 39.4. The number of nitrogens with one attached hydrogen (secondary N) is 1. The topological polar surface area (TPSA) is 194 Å². The summed E-state index contributed by atoms with van der Waals surface area (Å²) in [6.45, 7) is 23.8. The first-order valence-electron chi connectivity index (χ1n) is 29.5. The molecule has 2 aliphatic heterocycles. The van der Waals surface area contributed by atoms with E-state index in [4.69, 9.17) is 23.9 Å². The lowest BCUT2D eigenvalue weighted by atomic mass is 9.80. The minimum Gasteiger partial charge on any atom is -0.497 e. The van der Waals surface area contributed by atoms with E-state index in [0.29, 0.717) is 55.7 Å². The number of likely N-dealkylation sites (N-methyl/N-ethyl adjacent to an activating group) is 2. The zero-order valence-corrected chi connectivity index (χ0v) is 52.0. The van der Waals surface area contributed by atoms with Gasteiger partial charge in [-0.05, 0) is 109 Å². The van der Waals surface area contributed by atoms with E-state index in [1.54, 1.807) is 39.2 Å². The zero-order valence-electron chi connectivity index (χ0n) is 51.2. The molecule has 3 aromatic carbocycles. The number of ether oxygens (including phenoxy) is 4. The number of aliphatic imine (C=N–C) groups is 1. The Kier molecular flexibility index (Phi) is 23.6. The Balaban J connectivity index is 1.07. The highest BCUT2D eigenvalue weighted by Crippen LogP contribution is 2.45. The molecule has 16 nitrogen and oxygen atoms in total. The number of thioether (sulfide) groups is 1. The van der Waals surface area contributed by atoms with Gasteiger partial charge in [0, 0.05) is 50.2 Å². The molecule has 2 N–H and O–H groups in total. The van der Waals surface area contributed by atoms with Crippen LogP contribution in [-0.2, 0) is 44.6 Å². The van der Waals surface area contributed by atoms with Gasteiger partial charge in [-0.3, -0.25) is 24.3 Å². The Bertz CT molecular complexity index is 2770. The van der Waals surface area contributed by atoms with Gasteiger partial charge in [-0.1, -0.05) is 141 Å². The molecule has 3 aromatic rings. The van der Waals surface area contributed by atoms with Crippen molar-refractivity contribution in [3.8, 4) is 16.9 Å². The van der Waals surface area contributed by atoms with Crippen LogP contribution in [0.1, 0.15) is 130 Å². The number of hydrogen-bond acceptors (Lipinski definition) is 13. The SMILES string of the molecule is C=CCOC(=O)[C@H]([C@@H](C)CC)N(C)C(=O)[C@H](C)N(C)C(=O)[C@H](Cc1ccc(OC)cc1)NC(=O)/C(C)=C/[C@H]1CSC([C@@H](C)[C@@H](O)C[C@H](C)C[C@H](OC(=O)[C@@H]2CCCN2C(=O)OCC2c3ccccc3-c3ccccc32)[C@@H](C)CC(C)(C)C)=N1. The Morgan fingerprint density at radius 2 is 1.52 bits per heavy atom. The van der Waals surface area contributed by atoms with Crippen molar-refractivity contribution < 1.29 is 52.8 Å². The number of amides is 4. The van der Waals surface area contributed by atoms with E-state index in [-0.39, 0.29) is 60.7 Å². The van der Waals surface area contributed by atoms with Crippen molar-refractivity contribution in [2.24, 2.45) is 34.1 Å². The first kappa shape index (κ1) is 65.7. The molecule has 3 aliphatic rings. The number of likely N-dealkylation sites (tertiary alicyclic amines) is 1. The van der Waals surface area contributed by atoms with Crippen LogP contribution in [0, 0.1) is 29.1 Å². The number of nitrogens with zero attached hydrogens (tertiary/aromatic N) is 4. The predicted molar refractivity (Wildman–Crippen MR) is 327 cm³/mol. The van der Waals surface area contributed by atoms with Gasteiger partial charge in [-0.15, -0.1) is 11.8 Å². The number of carbonyl (C=O) groups is 6. The fourth-order valence-corrected chi connectivity index (χ4v) is 12.9. The molecule has 0 unspecified atom stereocenters. The molecule has 11 atom stereocenters. The van der Waals surface area contributed by atoms with Gasteiger partial charge in [0.25, 0.3) is 0 Å². The first-order valence-corrected chi connectivity index (χ1v) is 30.5. The quantitative estimate of drug-likeness (QED) is 0.0318. The Labute approximate surface area is 497 Å². The smallest absolute Gasteiger partial charge is 0.410 e. The van der Waals surface area contributed by atoms with Crippen molar-refractivity contribution in [3.05, 3.63) is 114 Å². The van der Waals surface area contributed by atoms with Crippen molar-refractivity contribution in [2.75, 3.05) is 46.7 Å². The third-order valence-electron chi connectivity index (χ3n) is 16.7. The summed E-state index contributed by atoms with van der Waals surface area (Å²) < 4.78 is 23.1. The number of hydrogen-bond donors (Lipinski definition) is 2. The second-order valence-corrected chi connectivity index (χ2v) is 25.4. The lowest BCUT2D eigenvalue weighted by molar-refractivity contribution is -0.158. The maximum absolute atomic E-state index is 14.4. The van der Waals surface area contributed by atoms with Crippen LogP contribution >= 0.6 is 11.8 Å². The van der Waals surface area contributed by atoms with Crippen LogP contribution < -0.4 is 10.1 Å². The Hall–Kier alpha value is -6.46. The third-order valence-corrected chi connectivity index (χ3v) is 18.0. The Morgan fingerprint density at radius 1 is 0.880 bits per heavy atom. The molecule has 17 heteroatoms. The van der Waals surface area contributed by atoms with Crippen molar-refractivity contribution in [2.45, 2.75) is 163 Å². The summed E-state index contributed by atoms with van der Waals surface area (Å²) in [6.07, 6.45) is 5.07. The second kappa shape index (κ2) is 29.9. The van der Waals surface area contributed by atoms with Crippen molar-refractivity contribution >= 4 is 52.6 Å². The summed E-state index contributed by atoms with van der Waals surface area (Å²) in [7, 11) is 4.60. The molecular formula is C66H91N5O11S. The van der Waals surface area contributed by atoms with Crippen LogP contribution in [0.15, 0.2) is 102 Å². The molecule has 6 rings (SSSR count). The van der Waals surface area contributed by atoms with Crippen LogP contribution in [0.25, 0.3) is 11.1 Å². The zero-order chi connectivity index (χ0) is 60.9. The minimum atomic E-state index is -1.08. The monoisotopic (exact) mass is 1160 g/mol. The van der Waals surface area contributed by atoms with E-state index >= 15 is 0 Å². The molecular weight excluding hydrogens is 1070 g/mol. The summed E-state index contributed by atoms with van der Waals surface area (Å²) >= 11 is 1.53. The fraction of sp³-hybridized carbons (Fsp3) is 0.561. The lowest BCUT2D eigenvalue weighted by Crippen LogP contribution is -2.57. The summed E-state index contributed by atoms with van der Waals surface area (Å²) in [4.78, 5) is 92.8. The van der Waals surface area contributed by atoms with Gasteiger partial charge >= 0.3 is 18.0 Å². The normalized spacial score (nSPS) is 19.3. The molecule has 0 aromatic heterocycles. The number of benzene rings is 3. The van der Waals surface area contributed by atoms with E-state index in [2.05, 4.69) is 70.8 Å². The van der Waals surface area contributed by atoms with E-state index in [1.807, 2.05) is 57.2 Å². The number of aliphatic hydroxyl groups excluding tert-OH is 1. The van der Waals surface area contributed by atoms with Gasteiger partial charge in [0.05, 0.1) is 24.3 Å². The molecule has 4 amide bonds. The summed E-state index contributed by atoms with van der Waals surface area (Å²) in [5, 5.41) is 15.5. The molecule has 83 heavy (non-hydrogen) atoms. The van der Waals surface area contributed by atoms with Gasteiger partial charge in [-0.25, -0.2) is 14.4 Å². The van der Waals surface area contributed by atoms with Crippen LogP contribution in [-0.4, -0.2) is 150 Å². The van der Waals surface area contributed by atoms with E-state index < -0.39 is 72.1 Å². The van der Waals surface area contributed by atoms with Crippen molar-refractivity contribution in [3.63, 3.8) is 0 Å². The number of carbonyl (C=O) groups excluding carboxylic acids is 6. The molecule has 0 radical (unpaired) electrons. The number of rotatable bonds is 27. The second-order valence-electron chi connectivity index (χ2n) is 24.4. The Morgan fingerprint density at radius 3 is 2.12 bits per heavy atom. The highest BCUT2D eigenvalue weighted by atomic mass is 32.2. The minimum absolute atomic E-state index is 0.00242. The molecule has 0 bridgehead atoms. The molecule has 1 saturated heterocycles. The molecule has 1 fully saturated rings. The molecule has 0 saturated carbocycles. The van der Waals surface area contributed by atoms with Crippen LogP contribution in [0.2, 0.25) is 0 Å². The molecule has 0 spiro atoms. The summed E-state index contributed by atoms with van der Waals surface area (Å²) in [6, 6.07) is 19.4. The molecule has 452 valence electrons. The van der Waals surface area contributed by atoms with Gasteiger partial charge in [0.15, 0.2) is 0 Å². The van der Waals surface area contributed by atoms with E-state index in [0.717, 1.165) is 39.3 Å². The van der Waals surface area contributed by atoms with Crippen LogP contribution in [0.4, 0.5) is 4.79 Å². The lowest BCUT2D eigenvalue weighted by Gasteiger charge is -2.35. The van der Waals surface area contributed by atoms with Gasteiger partial charge in [0.1, 0.15) is 49.2 Å². The number of aliphatic hydroxyl groups is 1. The van der Waals surface area contributed by atoms with E-state index in [1.165, 1.54) is 46.6 Å². The third kappa shape index (κ3) is 17.1. The largest absolute Gasteiger partial charge is 0.497 e. The van der Waals surface area contributed by atoms with Gasteiger partial charge < -0.3 is 39.2 Å². The predicted octanol–water partition coefficient (Wildman–Crippen LogP) is 10.4. The molecule has 1 aliphatic carbocycles. The van der Waals surface area contributed by atoms with Crippen molar-refractivity contribution in [1.29, 1.82) is 0 Å². The van der Waals surface area contributed by atoms with Crippen LogP contribution in [0.3, 0.4) is 0 Å².